The van der Waals surface area contributed by atoms with Gasteiger partial charge >= 0.3 is 17.9 Å². The Morgan fingerprint density at radius 3 is 2.55 bits per heavy atom. The Morgan fingerprint density at radius 2 is 1.94 bits per heavy atom. The molecule has 33 heavy (non-hydrogen) atoms. The van der Waals surface area contributed by atoms with Gasteiger partial charge in [-0.05, 0) is 26.0 Å². The van der Waals surface area contributed by atoms with Gasteiger partial charge in [0.05, 0.1) is 32.6 Å². The van der Waals surface area contributed by atoms with E-state index in [1.54, 1.807) is 14.2 Å². The molecule has 0 aliphatic carbocycles. The molecule has 2 aromatic heterocycles. The number of aromatic nitrogens is 3. The first-order valence-electron chi connectivity index (χ1n) is 9.60. The molecule has 9 nitrogen and oxygen atoms in total. The minimum absolute atomic E-state index is 0. The number of carbonyl (C=O) groups is 2. The molecule has 0 amide bonds. The molecular formula is C21H24ClN3O6S2. The number of hydrogen-bond acceptors (Lipinski definition) is 7. The summed E-state index contributed by atoms with van der Waals surface area (Å²) in [5.74, 6) is 0.165. The van der Waals surface area contributed by atoms with E-state index in [1.165, 1.54) is 10.8 Å². The lowest BCUT2D eigenvalue weighted by atomic mass is 10.1. The Labute approximate surface area is 204 Å². The van der Waals surface area contributed by atoms with Crippen molar-refractivity contribution in [2.24, 2.45) is 0 Å². The summed E-state index contributed by atoms with van der Waals surface area (Å²) >= 11 is 0. The van der Waals surface area contributed by atoms with Crippen LogP contribution in [0.5, 0.6) is 11.5 Å². The van der Waals surface area contributed by atoms with Gasteiger partial charge in [0.2, 0.25) is 0 Å². The van der Waals surface area contributed by atoms with Gasteiger partial charge in [-0.2, -0.15) is 0 Å². The van der Waals surface area contributed by atoms with Crippen LogP contribution in [0.2, 0.25) is 0 Å². The number of H-pyrrole nitrogens is 1. The largest absolute Gasteiger partial charge is 1.00 e. The zero-order valence-electron chi connectivity index (χ0n) is 18.4. The zero-order chi connectivity index (χ0) is 23.4. The first kappa shape index (κ1) is 26.6. The van der Waals surface area contributed by atoms with Crippen molar-refractivity contribution in [3.63, 3.8) is 0 Å². The molecule has 0 bridgehead atoms. The number of methoxy groups -OCH3 is 2. The van der Waals surface area contributed by atoms with Crippen LogP contribution in [-0.2, 0) is 15.3 Å². The maximum Gasteiger partial charge on any atom is 0.402 e. The van der Waals surface area contributed by atoms with E-state index in [2.05, 4.69) is 4.98 Å². The molecule has 0 saturated carbocycles. The predicted octanol–water partition coefficient (Wildman–Crippen LogP) is 0.287. The van der Waals surface area contributed by atoms with Crippen LogP contribution < -0.4 is 26.4 Å². The Hall–Kier alpha value is -2.63. The lowest BCUT2D eigenvalue weighted by Crippen LogP contribution is -3.00. The zero-order valence-corrected chi connectivity index (χ0v) is 20.8. The summed E-state index contributed by atoms with van der Waals surface area (Å²) in [6, 6.07) is 5.57. The number of imidazole rings is 1. The van der Waals surface area contributed by atoms with Gasteiger partial charge < -0.3 is 32.1 Å². The molecular weight excluding hydrogens is 490 g/mol. The average Bonchev–Trinajstić information content (AvgIpc) is 3.17. The van der Waals surface area contributed by atoms with Crippen LogP contribution in [0.15, 0.2) is 24.4 Å². The van der Waals surface area contributed by atoms with Gasteiger partial charge in [-0.3, -0.25) is 9.59 Å². The number of halogens is 1. The van der Waals surface area contributed by atoms with Gasteiger partial charge in [-0.25, -0.2) is 9.55 Å². The molecule has 12 heteroatoms. The number of pyridine rings is 1. The van der Waals surface area contributed by atoms with Crippen molar-refractivity contribution >= 4 is 44.6 Å². The molecule has 0 aliphatic rings. The SMILES string of the molecule is COc1ccc2nc(-[n+]3cc(C)c(OC)c(C)c3CSSC(CC(=O)O)C(=O)O)[nH]c2c1.[Cl-]. The molecule has 0 fully saturated rings. The van der Waals surface area contributed by atoms with E-state index in [1.807, 2.05) is 42.8 Å². The van der Waals surface area contributed by atoms with Gasteiger partial charge in [-0.15, -0.1) is 0 Å². The Bertz CT molecular complexity index is 1170. The van der Waals surface area contributed by atoms with Crippen molar-refractivity contribution < 1.29 is 46.2 Å². The molecule has 0 aliphatic heterocycles. The van der Waals surface area contributed by atoms with E-state index in [0.29, 0.717) is 17.5 Å². The highest BCUT2D eigenvalue weighted by Gasteiger charge is 2.25. The molecule has 0 saturated heterocycles. The second-order valence-corrected chi connectivity index (χ2v) is 9.58. The number of carboxylic acid groups (broad SMARTS) is 2. The van der Waals surface area contributed by atoms with Crippen molar-refractivity contribution in [1.29, 1.82) is 0 Å². The molecule has 3 rings (SSSR count). The molecule has 1 aromatic carbocycles. The number of fused-ring (bicyclic) bond motifs is 1. The number of nitrogens with one attached hydrogen (secondary N) is 1. The predicted molar refractivity (Wildman–Crippen MR) is 123 cm³/mol. The Morgan fingerprint density at radius 1 is 1.21 bits per heavy atom. The fraction of sp³-hybridized carbons (Fsp3) is 0.333. The molecule has 0 radical (unpaired) electrons. The maximum absolute atomic E-state index is 11.4. The second-order valence-electron chi connectivity index (χ2n) is 7.01. The fourth-order valence-electron chi connectivity index (χ4n) is 3.33. The van der Waals surface area contributed by atoms with Crippen LogP contribution >= 0.6 is 21.6 Å². The summed E-state index contributed by atoms with van der Waals surface area (Å²) in [6.07, 6.45) is 1.46. The number of carboxylic acids is 2. The quantitative estimate of drug-likeness (QED) is 0.259. The standard InChI is InChI=1S/C21H23N3O6S2.ClH/c1-11-9-24(21-22-14-6-5-13(29-3)7-15(14)23-21)16(12(2)19(11)30-4)10-31-32-17(20(27)28)8-18(25)26;/h5-7,9,17H,8,10H2,1-4H3,(H2-,22,23,25,26,27,28);1H. The number of hydrogen-bond donors (Lipinski definition) is 3. The summed E-state index contributed by atoms with van der Waals surface area (Å²) in [4.78, 5) is 30.3. The minimum Gasteiger partial charge on any atom is -1.00 e. The van der Waals surface area contributed by atoms with E-state index in [-0.39, 0.29) is 12.4 Å². The molecule has 0 spiro atoms. The van der Waals surface area contributed by atoms with Gasteiger partial charge in [0.1, 0.15) is 28.0 Å². The number of aryl methyl sites for hydroxylation is 1. The summed E-state index contributed by atoms with van der Waals surface area (Å²) in [7, 11) is 5.51. The normalized spacial score (nSPS) is 11.6. The van der Waals surface area contributed by atoms with E-state index in [0.717, 1.165) is 44.4 Å². The van der Waals surface area contributed by atoms with Gasteiger partial charge in [0.25, 0.3) is 0 Å². The third-order valence-corrected chi connectivity index (χ3v) is 7.46. The third kappa shape index (κ3) is 6.04. The second kappa shape index (κ2) is 11.5. The highest BCUT2D eigenvalue weighted by Crippen LogP contribution is 2.34. The van der Waals surface area contributed by atoms with Crippen molar-refractivity contribution in [1.82, 2.24) is 9.97 Å². The monoisotopic (exact) mass is 513 g/mol. The van der Waals surface area contributed by atoms with E-state index in [9.17, 15) is 14.7 Å². The number of nitrogens with zero attached hydrogens (tertiary/aromatic N) is 2. The molecule has 1 atom stereocenters. The van der Waals surface area contributed by atoms with Crippen LogP contribution in [0.3, 0.4) is 0 Å². The van der Waals surface area contributed by atoms with Crippen molar-refractivity contribution in [3.05, 3.63) is 41.2 Å². The van der Waals surface area contributed by atoms with Crippen LogP contribution in [0, 0.1) is 13.8 Å². The first-order chi connectivity index (χ1) is 15.2. The molecule has 2 heterocycles. The summed E-state index contributed by atoms with van der Waals surface area (Å²) < 4.78 is 12.8. The first-order valence-corrected chi connectivity index (χ1v) is 12.0. The molecule has 178 valence electrons. The third-order valence-electron chi connectivity index (χ3n) is 4.87. The molecule has 1 unspecified atom stereocenters. The lowest BCUT2D eigenvalue weighted by Gasteiger charge is -2.15. The van der Waals surface area contributed by atoms with E-state index < -0.39 is 23.6 Å². The Kier molecular flexibility index (Phi) is 9.26. The topological polar surface area (TPSA) is 126 Å². The van der Waals surface area contributed by atoms with E-state index in [4.69, 9.17) is 19.6 Å². The van der Waals surface area contributed by atoms with Crippen molar-refractivity contribution in [3.8, 4) is 17.4 Å². The van der Waals surface area contributed by atoms with Gasteiger partial charge in [0, 0.05) is 17.2 Å². The number of ether oxygens (including phenoxy) is 2. The number of aromatic amines is 1. The highest BCUT2D eigenvalue weighted by atomic mass is 35.5. The molecule has 3 N–H and O–H groups in total. The minimum atomic E-state index is -1.15. The van der Waals surface area contributed by atoms with Gasteiger partial charge in [0.15, 0.2) is 5.52 Å². The number of aliphatic carboxylic acids is 2. The van der Waals surface area contributed by atoms with Crippen LogP contribution in [0.25, 0.3) is 17.0 Å². The maximum atomic E-state index is 11.4. The van der Waals surface area contributed by atoms with Crippen LogP contribution in [0.1, 0.15) is 23.2 Å². The number of benzene rings is 1. The van der Waals surface area contributed by atoms with Crippen LogP contribution in [0.4, 0.5) is 0 Å². The van der Waals surface area contributed by atoms with Crippen molar-refractivity contribution in [2.75, 3.05) is 14.2 Å². The van der Waals surface area contributed by atoms with Gasteiger partial charge in [-0.1, -0.05) is 26.6 Å². The summed E-state index contributed by atoms with van der Waals surface area (Å²) in [5, 5.41) is 17.2. The number of rotatable bonds is 10. The van der Waals surface area contributed by atoms with Crippen LogP contribution in [-0.4, -0.2) is 51.6 Å². The smallest absolute Gasteiger partial charge is 0.402 e. The van der Waals surface area contributed by atoms with Crippen molar-refractivity contribution in [2.45, 2.75) is 31.3 Å². The fourth-order valence-corrected chi connectivity index (χ4v) is 5.80. The molecule has 3 aromatic rings. The van der Waals surface area contributed by atoms with E-state index >= 15 is 0 Å². The summed E-state index contributed by atoms with van der Waals surface area (Å²) in [6.45, 7) is 3.87. The highest BCUT2D eigenvalue weighted by molar-refractivity contribution is 8.76. The average molecular weight is 514 g/mol. The summed E-state index contributed by atoms with van der Waals surface area (Å²) in [5.41, 5.74) is 4.26. The Balaban J connectivity index is 0.00000385. The lowest BCUT2D eigenvalue weighted by molar-refractivity contribution is -0.611.